The predicted octanol–water partition coefficient (Wildman–Crippen LogP) is 2.99. The first-order chi connectivity index (χ1) is 10.6. The van der Waals surface area contributed by atoms with Gasteiger partial charge in [0.1, 0.15) is 11.5 Å². The Morgan fingerprint density at radius 2 is 2.14 bits per heavy atom. The number of hydrazone groups is 1. The molecule has 2 aromatic carbocycles. The molecule has 5 nitrogen and oxygen atoms in total. The molecule has 22 heavy (non-hydrogen) atoms. The summed E-state index contributed by atoms with van der Waals surface area (Å²) in [5.41, 5.74) is 3.80. The smallest absolute Gasteiger partial charge is 0.277 e. The number of hydrogen-bond acceptors (Lipinski definition) is 4. The van der Waals surface area contributed by atoms with Crippen LogP contribution in [0.25, 0.3) is 0 Å². The Balaban J connectivity index is 1.84. The van der Waals surface area contributed by atoms with Crippen LogP contribution in [-0.4, -0.2) is 23.8 Å². The van der Waals surface area contributed by atoms with E-state index in [9.17, 15) is 9.90 Å². The van der Waals surface area contributed by atoms with Gasteiger partial charge in [-0.25, -0.2) is 5.43 Å². The van der Waals surface area contributed by atoms with Crippen molar-refractivity contribution in [1.29, 1.82) is 0 Å². The first-order valence-corrected chi connectivity index (χ1v) is 7.34. The van der Waals surface area contributed by atoms with Gasteiger partial charge in [-0.1, -0.05) is 28.1 Å². The van der Waals surface area contributed by atoms with Gasteiger partial charge in [-0.3, -0.25) is 4.79 Å². The third-order valence-electron chi connectivity index (χ3n) is 2.83. The SMILES string of the molecule is Cc1cc(Br)ccc1OCC(=O)NN=Cc1ccccc1O. The van der Waals surface area contributed by atoms with Gasteiger partial charge in [0.05, 0.1) is 6.21 Å². The van der Waals surface area contributed by atoms with Crippen LogP contribution in [0.2, 0.25) is 0 Å². The van der Waals surface area contributed by atoms with E-state index in [1.54, 1.807) is 30.3 Å². The lowest BCUT2D eigenvalue weighted by atomic mass is 10.2. The second kappa shape index (κ2) is 7.61. The molecule has 114 valence electrons. The number of nitrogens with one attached hydrogen (secondary N) is 1. The van der Waals surface area contributed by atoms with Crippen molar-refractivity contribution in [1.82, 2.24) is 5.43 Å². The quantitative estimate of drug-likeness (QED) is 0.634. The van der Waals surface area contributed by atoms with Crippen molar-refractivity contribution >= 4 is 28.1 Å². The maximum absolute atomic E-state index is 11.6. The highest BCUT2D eigenvalue weighted by Gasteiger charge is 2.04. The van der Waals surface area contributed by atoms with Crippen LogP contribution in [0.4, 0.5) is 0 Å². The Morgan fingerprint density at radius 1 is 1.36 bits per heavy atom. The number of phenolic OH excluding ortho intramolecular Hbond substituents is 1. The normalized spacial score (nSPS) is 10.6. The van der Waals surface area contributed by atoms with Crippen LogP contribution in [-0.2, 0) is 4.79 Å². The molecule has 0 aliphatic carbocycles. The highest BCUT2D eigenvalue weighted by molar-refractivity contribution is 9.10. The van der Waals surface area contributed by atoms with E-state index in [0.29, 0.717) is 11.3 Å². The van der Waals surface area contributed by atoms with Crippen LogP contribution in [0.15, 0.2) is 52.0 Å². The second-order valence-corrected chi connectivity index (χ2v) is 5.47. The topological polar surface area (TPSA) is 70.9 Å². The summed E-state index contributed by atoms with van der Waals surface area (Å²) < 4.78 is 6.38. The van der Waals surface area contributed by atoms with Crippen LogP contribution in [0.5, 0.6) is 11.5 Å². The summed E-state index contributed by atoms with van der Waals surface area (Å²) >= 11 is 3.36. The molecular weight excluding hydrogens is 348 g/mol. The number of carbonyl (C=O) groups excluding carboxylic acids is 1. The number of carbonyl (C=O) groups is 1. The highest BCUT2D eigenvalue weighted by atomic mass is 79.9. The van der Waals surface area contributed by atoms with Gasteiger partial charge in [0.15, 0.2) is 6.61 Å². The van der Waals surface area contributed by atoms with Crippen molar-refractivity contribution in [3.8, 4) is 11.5 Å². The minimum absolute atomic E-state index is 0.0993. The van der Waals surface area contributed by atoms with Crippen molar-refractivity contribution in [2.45, 2.75) is 6.92 Å². The molecule has 0 spiro atoms. The Bertz CT molecular complexity index is 702. The van der Waals surface area contributed by atoms with Crippen LogP contribution >= 0.6 is 15.9 Å². The molecule has 0 fully saturated rings. The number of benzene rings is 2. The molecule has 0 aliphatic rings. The first-order valence-electron chi connectivity index (χ1n) is 6.55. The number of aromatic hydroxyl groups is 1. The minimum Gasteiger partial charge on any atom is -0.507 e. The van der Waals surface area contributed by atoms with Crippen molar-refractivity contribution in [3.63, 3.8) is 0 Å². The van der Waals surface area contributed by atoms with E-state index >= 15 is 0 Å². The molecule has 0 radical (unpaired) electrons. The third-order valence-corrected chi connectivity index (χ3v) is 3.32. The van der Waals surface area contributed by atoms with E-state index < -0.39 is 0 Å². The monoisotopic (exact) mass is 362 g/mol. The summed E-state index contributed by atoms with van der Waals surface area (Å²) in [6, 6.07) is 12.2. The molecule has 0 saturated heterocycles. The molecule has 0 atom stereocenters. The Hall–Kier alpha value is -2.34. The average Bonchev–Trinajstić information content (AvgIpc) is 2.48. The highest BCUT2D eigenvalue weighted by Crippen LogP contribution is 2.21. The van der Waals surface area contributed by atoms with Gasteiger partial charge >= 0.3 is 0 Å². The number of hydrogen-bond donors (Lipinski definition) is 2. The fourth-order valence-corrected chi connectivity index (χ4v) is 2.20. The standard InChI is InChI=1S/C16H15BrN2O3/c1-11-8-13(17)6-7-15(11)22-10-16(21)19-18-9-12-4-2-3-5-14(12)20/h2-9,20H,10H2,1H3,(H,19,21). The third kappa shape index (κ3) is 4.60. The lowest BCUT2D eigenvalue weighted by Gasteiger charge is -2.08. The number of amides is 1. The zero-order valence-corrected chi connectivity index (χ0v) is 13.5. The van der Waals surface area contributed by atoms with Crippen molar-refractivity contribution < 1.29 is 14.6 Å². The molecule has 0 bridgehead atoms. The van der Waals surface area contributed by atoms with Crippen molar-refractivity contribution in [2.75, 3.05) is 6.61 Å². The average molecular weight is 363 g/mol. The molecule has 0 heterocycles. The predicted molar refractivity (Wildman–Crippen MR) is 88.2 cm³/mol. The zero-order valence-electron chi connectivity index (χ0n) is 11.9. The summed E-state index contributed by atoms with van der Waals surface area (Å²) in [7, 11) is 0. The van der Waals surface area contributed by atoms with Gasteiger partial charge in [-0.05, 0) is 42.8 Å². The number of para-hydroxylation sites is 1. The fourth-order valence-electron chi connectivity index (χ4n) is 1.72. The van der Waals surface area contributed by atoms with E-state index in [0.717, 1.165) is 10.0 Å². The minimum atomic E-state index is -0.381. The second-order valence-electron chi connectivity index (χ2n) is 4.55. The summed E-state index contributed by atoms with van der Waals surface area (Å²) in [6.07, 6.45) is 1.37. The van der Waals surface area contributed by atoms with Gasteiger partial charge in [0, 0.05) is 10.0 Å². The van der Waals surface area contributed by atoms with Crippen molar-refractivity contribution in [2.24, 2.45) is 5.10 Å². The zero-order chi connectivity index (χ0) is 15.9. The van der Waals surface area contributed by atoms with Crippen LogP contribution in [0, 0.1) is 6.92 Å². The van der Waals surface area contributed by atoms with E-state index in [4.69, 9.17) is 4.74 Å². The van der Waals surface area contributed by atoms with Gasteiger partial charge in [0.2, 0.25) is 0 Å². The molecular formula is C16H15BrN2O3. The number of halogens is 1. The maximum Gasteiger partial charge on any atom is 0.277 e. The number of aryl methyl sites for hydroxylation is 1. The molecule has 2 N–H and O–H groups in total. The summed E-state index contributed by atoms with van der Waals surface area (Å²) in [5.74, 6) is 0.360. The Labute approximate surface area is 136 Å². The largest absolute Gasteiger partial charge is 0.507 e. The van der Waals surface area contributed by atoms with Crippen LogP contribution in [0.3, 0.4) is 0 Å². The lowest BCUT2D eigenvalue weighted by molar-refractivity contribution is -0.123. The summed E-state index contributed by atoms with van der Waals surface area (Å²) in [6.45, 7) is 1.76. The van der Waals surface area contributed by atoms with Gasteiger partial charge in [-0.2, -0.15) is 5.10 Å². The van der Waals surface area contributed by atoms with Gasteiger partial charge in [-0.15, -0.1) is 0 Å². The number of phenols is 1. The molecule has 0 aliphatic heterocycles. The van der Waals surface area contributed by atoms with E-state index in [2.05, 4.69) is 26.5 Å². The van der Waals surface area contributed by atoms with E-state index in [-0.39, 0.29) is 18.3 Å². The van der Waals surface area contributed by atoms with Gasteiger partial charge in [0.25, 0.3) is 5.91 Å². The van der Waals surface area contributed by atoms with Crippen LogP contribution < -0.4 is 10.2 Å². The summed E-state index contributed by atoms with van der Waals surface area (Å²) in [4.78, 5) is 11.6. The maximum atomic E-state index is 11.6. The first kappa shape index (κ1) is 16.0. The summed E-state index contributed by atoms with van der Waals surface area (Å²) in [5, 5.41) is 13.3. The number of ether oxygens (including phenoxy) is 1. The van der Waals surface area contributed by atoms with Crippen LogP contribution in [0.1, 0.15) is 11.1 Å². The molecule has 0 aromatic heterocycles. The van der Waals surface area contributed by atoms with Gasteiger partial charge < -0.3 is 9.84 Å². The van der Waals surface area contributed by atoms with E-state index in [1.807, 2.05) is 19.1 Å². The molecule has 0 saturated carbocycles. The molecule has 2 rings (SSSR count). The molecule has 2 aromatic rings. The molecule has 1 amide bonds. The fraction of sp³-hybridized carbons (Fsp3) is 0.125. The number of rotatable bonds is 5. The lowest BCUT2D eigenvalue weighted by Crippen LogP contribution is -2.24. The van der Waals surface area contributed by atoms with Crippen molar-refractivity contribution in [3.05, 3.63) is 58.1 Å². The molecule has 6 heteroatoms. The molecule has 0 unspecified atom stereocenters. The Kier molecular flexibility index (Phi) is 5.55. The number of nitrogens with zero attached hydrogens (tertiary/aromatic N) is 1. The Morgan fingerprint density at radius 3 is 2.86 bits per heavy atom. The van der Waals surface area contributed by atoms with E-state index in [1.165, 1.54) is 6.21 Å².